The third-order valence-corrected chi connectivity index (χ3v) is 10.6. The Balaban J connectivity index is 0.00000129. The van der Waals surface area contributed by atoms with E-state index >= 15 is 0 Å². The third kappa shape index (κ3) is 15.8. The average molecular weight is 949 g/mol. The predicted octanol–water partition coefficient (Wildman–Crippen LogP) is 6.41. The fourth-order valence-corrected chi connectivity index (χ4v) is 7.06. The van der Waals surface area contributed by atoms with Gasteiger partial charge in [-0.3, -0.25) is 14.4 Å². The highest BCUT2D eigenvalue weighted by molar-refractivity contribution is 6.17. The number of pyridine rings is 1. The number of likely N-dealkylation sites (N-methyl/N-ethyl adjacent to an activating group) is 1. The summed E-state index contributed by atoms with van der Waals surface area (Å²) in [5.41, 5.74) is 5.75. The first-order valence-electron chi connectivity index (χ1n) is 21.3. The Labute approximate surface area is 382 Å². The lowest BCUT2D eigenvalue weighted by Crippen LogP contribution is -2.50. The van der Waals surface area contributed by atoms with E-state index in [1.54, 1.807) is 57.2 Å². The molecule has 1 aliphatic rings. The Morgan fingerprint density at radius 3 is 1.99 bits per heavy atom. The number of nitrogens with zero attached hydrogens (tertiary/aromatic N) is 6. The molecule has 0 spiro atoms. The number of rotatable bonds is 15. The van der Waals surface area contributed by atoms with Crippen molar-refractivity contribution in [1.82, 2.24) is 41.1 Å². The van der Waals surface area contributed by atoms with Crippen molar-refractivity contribution in [3.63, 3.8) is 0 Å². The normalized spacial score (nSPS) is 15.7. The van der Waals surface area contributed by atoms with Crippen LogP contribution < -0.4 is 21.3 Å². The highest BCUT2D eigenvalue weighted by Gasteiger charge is 2.39. The number of anilines is 1. The summed E-state index contributed by atoms with van der Waals surface area (Å²) in [6.45, 7) is 12.1. The second kappa shape index (κ2) is 23.3. The zero-order valence-corrected chi connectivity index (χ0v) is 37.5. The molecule has 1 saturated carbocycles. The summed E-state index contributed by atoms with van der Waals surface area (Å²) in [4.78, 5) is 69.1. The number of aliphatic carboxylic acids is 1. The minimum Gasteiger partial charge on any atom is -0.475 e. The number of aromatic amines is 1. The van der Waals surface area contributed by atoms with Crippen molar-refractivity contribution in [2.24, 2.45) is 17.6 Å². The number of carboxylic acid groups (broad SMARTS) is 1. The predicted molar refractivity (Wildman–Crippen MR) is 232 cm³/mol. The van der Waals surface area contributed by atoms with Gasteiger partial charge in [-0.2, -0.15) is 31.6 Å². The number of amides is 4. The molecule has 4 aromatic rings. The second-order valence-electron chi connectivity index (χ2n) is 16.6. The van der Waals surface area contributed by atoms with Crippen molar-refractivity contribution in [2.45, 2.75) is 90.7 Å². The Morgan fingerprint density at radius 2 is 1.46 bits per heavy atom. The van der Waals surface area contributed by atoms with Crippen molar-refractivity contribution in [3.05, 3.63) is 77.6 Å². The minimum atomic E-state index is -5.08. The minimum absolute atomic E-state index is 0.0239. The third-order valence-electron chi connectivity index (χ3n) is 10.6. The maximum atomic E-state index is 14.3. The molecular weight excluding hydrogens is 895 g/mol. The molecule has 1 fully saturated rings. The van der Waals surface area contributed by atoms with E-state index in [2.05, 4.69) is 41.1 Å². The van der Waals surface area contributed by atoms with E-state index in [0.29, 0.717) is 61.4 Å². The van der Waals surface area contributed by atoms with Gasteiger partial charge in [0.2, 0.25) is 11.7 Å². The van der Waals surface area contributed by atoms with E-state index < -0.39 is 65.4 Å². The number of aromatic nitrogens is 5. The summed E-state index contributed by atoms with van der Waals surface area (Å²) in [7, 11) is 0. The standard InChI is InChI=1S/C42H53F3N10O5.C2HF3O2/c1-6-54(7-2)23-22-47-37(56)34-21-20-32(35(49-34)42(43,44)45)28-12-8-26(9-13-28)24-33(46)39(58)55(31-18-16-29(17-19-31)36-50-52-53-51-36)38(57)30-14-10-27(11-15-30)25-48-40(59)60-41(3,4)5;3-2(4,5)1(6)7/h8-9,12-13,16-21,27,30,33H,6-7,10-11,14-15,22-25,46H2,1-5H3,(H,47,56)(H,48,59)(H,50,51,52,53);(H,6,7)/t27-,30-,33-;/m0./s1. The molecule has 4 amide bonds. The summed E-state index contributed by atoms with van der Waals surface area (Å²) in [5.74, 6) is -4.57. The fraction of sp³-hybridized carbons (Fsp3) is 0.477. The van der Waals surface area contributed by atoms with Gasteiger partial charge in [0.05, 0.1) is 11.7 Å². The van der Waals surface area contributed by atoms with Gasteiger partial charge in [-0.05, 0) is 125 Å². The molecule has 67 heavy (non-hydrogen) atoms. The molecule has 2 aromatic heterocycles. The number of carboxylic acids is 1. The monoisotopic (exact) mass is 948 g/mol. The molecule has 23 heteroatoms. The molecule has 0 radical (unpaired) electrons. The van der Waals surface area contributed by atoms with Crippen LogP contribution in [0.4, 0.5) is 36.8 Å². The molecule has 0 unspecified atom stereocenters. The number of alkyl halides is 6. The average Bonchev–Trinajstić information content (AvgIpc) is 3.82. The van der Waals surface area contributed by atoms with E-state index in [1.807, 2.05) is 13.8 Å². The number of H-pyrrole nitrogens is 1. The summed E-state index contributed by atoms with van der Waals surface area (Å²) < 4.78 is 79.9. The lowest BCUT2D eigenvalue weighted by Gasteiger charge is -2.32. The highest BCUT2D eigenvalue weighted by Crippen LogP contribution is 2.37. The van der Waals surface area contributed by atoms with Gasteiger partial charge in [-0.25, -0.2) is 19.5 Å². The number of nitrogens with one attached hydrogen (secondary N) is 3. The molecule has 2 heterocycles. The van der Waals surface area contributed by atoms with Gasteiger partial charge < -0.3 is 31.1 Å². The number of benzene rings is 2. The zero-order chi connectivity index (χ0) is 49.7. The molecule has 0 aliphatic heterocycles. The molecular formula is C44H54F6N10O7. The molecule has 0 saturated heterocycles. The van der Waals surface area contributed by atoms with E-state index in [9.17, 15) is 45.5 Å². The number of imide groups is 1. The number of carbonyl (C=O) groups excluding carboxylic acids is 4. The summed E-state index contributed by atoms with van der Waals surface area (Å²) >= 11 is 0. The number of nitrogens with two attached hydrogens (primary N) is 1. The quantitative estimate of drug-likeness (QED) is 0.0811. The lowest BCUT2D eigenvalue weighted by molar-refractivity contribution is -0.192. The molecule has 0 bridgehead atoms. The molecule has 1 atom stereocenters. The van der Waals surface area contributed by atoms with Gasteiger partial charge in [-0.1, -0.05) is 38.1 Å². The Bertz CT molecular complexity index is 2280. The van der Waals surface area contributed by atoms with Gasteiger partial charge in [-0.15, -0.1) is 10.2 Å². The number of alkyl carbamates (subject to hydrolysis) is 1. The van der Waals surface area contributed by atoms with Crippen molar-refractivity contribution < 1.29 is 60.2 Å². The van der Waals surface area contributed by atoms with Crippen molar-refractivity contribution in [2.75, 3.05) is 37.6 Å². The Morgan fingerprint density at radius 1 is 0.866 bits per heavy atom. The smallest absolute Gasteiger partial charge is 0.475 e. The van der Waals surface area contributed by atoms with Crippen LogP contribution in [0, 0.1) is 11.8 Å². The summed E-state index contributed by atoms with van der Waals surface area (Å²) in [6.07, 6.45) is -8.22. The lowest BCUT2D eigenvalue weighted by atomic mass is 9.81. The van der Waals surface area contributed by atoms with Crippen molar-refractivity contribution >= 4 is 35.5 Å². The van der Waals surface area contributed by atoms with Gasteiger partial charge in [0.1, 0.15) is 11.3 Å². The Kier molecular flexibility index (Phi) is 18.5. The van der Waals surface area contributed by atoms with Crippen LogP contribution >= 0.6 is 0 Å². The van der Waals surface area contributed by atoms with Crippen LogP contribution in [-0.2, 0) is 31.7 Å². The molecule has 5 rings (SSSR count). The van der Waals surface area contributed by atoms with Crippen LogP contribution in [-0.4, -0.2) is 116 Å². The van der Waals surface area contributed by atoms with E-state index in [-0.39, 0.29) is 35.7 Å². The molecule has 2 aromatic carbocycles. The molecule has 1 aliphatic carbocycles. The second-order valence-corrected chi connectivity index (χ2v) is 16.6. The first-order valence-corrected chi connectivity index (χ1v) is 21.3. The summed E-state index contributed by atoms with van der Waals surface area (Å²) in [5, 5.41) is 26.5. The maximum Gasteiger partial charge on any atom is 0.490 e. The number of halogens is 6. The number of carbonyl (C=O) groups is 5. The van der Waals surface area contributed by atoms with Crippen LogP contribution in [0.25, 0.3) is 22.5 Å². The Hall–Kier alpha value is -6.49. The SMILES string of the molecule is CCN(CC)CCNC(=O)c1ccc(-c2ccc(C[C@H](N)C(=O)N(c3ccc(-c4nn[nH]n4)cc3)C(=O)[C@H]3CC[C@H](CNC(=O)OC(C)(C)C)CC3)cc2)c(C(F)(F)F)n1.O=C(O)C(F)(F)F. The first kappa shape index (κ1) is 53.1. The van der Waals surface area contributed by atoms with Crippen molar-refractivity contribution in [1.29, 1.82) is 0 Å². The maximum absolute atomic E-state index is 14.3. The zero-order valence-electron chi connectivity index (χ0n) is 37.5. The van der Waals surface area contributed by atoms with Crippen molar-refractivity contribution in [3.8, 4) is 22.5 Å². The number of tetrazole rings is 1. The van der Waals surface area contributed by atoms with E-state index in [4.69, 9.17) is 20.4 Å². The highest BCUT2D eigenvalue weighted by atomic mass is 19.4. The summed E-state index contributed by atoms with van der Waals surface area (Å²) in [6, 6.07) is 13.9. The van der Waals surface area contributed by atoms with Crippen LogP contribution in [0.2, 0.25) is 0 Å². The van der Waals surface area contributed by atoms with Crippen LogP contribution in [0.15, 0.2) is 60.7 Å². The van der Waals surface area contributed by atoms with Gasteiger partial charge >= 0.3 is 24.4 Å². The number of hydrogen-bond acceptors (Lipinski definition) is 12. The molecule has 364 valence electrons. The largest absolute Gasteiger partial charge is 0.490 e. The fourth-order valence-electron chi connectivity index (χ4n) is 7.06. The van der Waals surface area contributed by atoms with Gasteiger partial charge in [0.15, 0.2) is 5.69 Å². The van der Waals surface area contributed by atoms with E-state index in [1.165, 1.54) is 24.3 Å². The van der Waals surface area contributed by atoms with Gasteiger partial charge in [0.25, 0.3) is 11.8 Å². The van der Waals surface area contributed by atoms with Crippen LogP contribution in [0.3, 0.4) is 0 Å². The van der Waals surface area contributed by atoms with Gasteiger partial charge in [0, 0.05) is 36.7 Å². The van der Waals surface area contributed by atoms with Crippen LogP contribution in [0.5, 0.6) is 0 Å². The topological polar surface area (TPSA) is 239 Å². The number of hydrogen-bond donors (Lipinski definition) is 5. The van der Waals surface area contributed by atoms with E-state index in [0.717, 1.165) is 18.0 Å². The molecule has 6 N–H and O–H groups in total. The molecule has 17 nitrogen and oxygen atoms in total. The van der Waals surface area contributed by atoms with Crippen LogP contribution in [0.1, 0.15) is 82.0 Å². The number of ether oxygens (including phenoxy) is 1. The first-order chi connectivity index (χ1) is 31.4.